The SMILES string of the molecule is C#CC1(CCc2ccccc2)C=CC(=O)C(C#N)=C1.CC. The van der Waals surface area contributed by atoms with Gasteiger partial charge in [0, 0.05) is 0 Å². The molecule has 1 aliphatic rings. The number of ketones is 1. The van der Waals surface area contributed by atoms with Crippen molar-refractivity contribution in [1.29, 1.82) is 5.26 Å². The highest BCUT2D eigenvalue weighted by molar-refractivity contribution is 6.08. The third kappa shape index (κ3) is 4.20. The number of benzene rings is 1. The molecule has 0 saturated heterocycles. The Morgan fingerprint density at radius 3 is 2.48 bits per heavy atom. The van der Waals surface area contributed by atoms with Crippen molar-refractivity contribution in [2.24, 2.45) is 5.41 Å². The summed E-state index contributed by atoms with van der Waals surface area (Å²) in [7, 11) is 0. The first-order valence-corrected chi connectivity index (χ1v) is 7.07. The number of carbonyl (C=O) groups is 1. The summed E-state index contributed by atoms with van der Waals surface area (Å²) in [5, 5.41) is 8.93. The molecular formula is C19H19NO. The van der Waals surface area contributed by atoms with Gasteiger partial charge in [0.25, 0.3) is 0 Å². The molecule has 0 amide bonds. The molecule has 0 spiro atoms. The van der Waals surface area contributed by atoms with Gasteiger partial charge in [-0.2, -0.15) is 5.26 Å². The predicted octanol–water partition coefficient (Wildman–Crippen LogP) is 3.85. The minimum Gasteiger partial charge on any atom is -0.289 e. The Morgan fingerprint density at radius 1 is 1.24 bits per heavy atom. The van der Waals surface area contributed by atoms with Crippen LogP contribution in [0, 0.1) is 29.1 Å². The van der Waals surface area contributed by atoms with Crippen LogP contribution in [0.4, 0.5) is 0 Å². The van der Waals surface area contributed by atoms with E-state index in [1.807, 2.05) is 50.2 Å². The molecule has 2 rings (SSSR count). The zero-order chi connectivity index (χ0) is 15.7. The van der Waals surface area contributed by atoms with Crippen molar-refractivity contribution in [2.45, 2.75) is 26.7 Å². The smallest absolute Gasteiger partial charge is 0.195 e. The molecule has 0 bridgehead atoms. The molecule has 1 aromatic rings. The number of carbonyl (C=O) groups excluding carboxylic acids is 1. The van der Waals surface area contributed by atoms with Gasteiger partial charge in [-0.05, 0) is 30.6 Å². The van der Waals surface area contributed by atoms with Crippen molar-refractivity contribution in [2.75, 3.05) is 0 Å². The van der Waals surface area contributed by atoms with Crippen LogP contribution in [0.3, 0.4) is 0 Å². The average Bonchev–Trinajstić information content (AvgIpc) is 2.57. The van der Waals surface area contributed by atoms with Crippen LogP contribution >= 0.6 is 0 Å². The van der Waals surface area contributed by atoms with Gasteiger partial charge in [-0.15, -0.1) is 6.42 Å². The molecule has 0 saturated carbocycles. The Kier molecular flexibility index (Phi) is 6.18. The summed E-state index contributed by atoms with van der Waals surface area (Å²) in [5.74, 6) is 2.44. The van der Waals surface area contributed by atoms with Crippen LogP contribution in [-0.2, 0) is 11.2 Å². The monoisotopic (exact) mass is 277 g/mol. The normalized spacial score (nSPS) is 19.6. The maximum Gasteiger partial charge on any atom is 0.195 e. The average molecular weight is 277 g/mol. The minimum atomic E-state index is -0.630. The summed E-state index contributed by atoms with van der Waals surface area (Å²) in [6.07, 6.45) is 11.8. The molecule has 0 radical (unpaired) electrons. The number of rotatable bonds is 3. The summed E-state index contributed by atoms with van der Waals surface area (Å²) in [5.41, 5.74) is 0.692. The molecule has 106 valence electrons. The lowest BCUT2D eigenvalue weighted by atomic mass is 9.77. The van der Waals surface area contributed by atoms with Gasteiger partial charge in [0.2, 0.25) is 0 Å². The summed E-state index contributed by atoms with van der Waals surface area (Å²) in [4.78, 5) is 11.5. The predicted molar refractivity (Wildman–Crippen MR) is 85.2 cm³/mol. The van der Waals surface area contributed by atoms with E-state index < -0.39 is 5.41 Å². The Morgan fingerprint density at radius 2 is 1.90 bits per heavy atom. The fraction of sp³-hybridized carbons (Fsp3) is 0.263. The number of hydrogen-bond acceptors (Lipinski definition) is 2. The van der Waals surface area contributed by atoms with Crippen LogP contribution in [0.2, 0.25) is 0 Å². The highest BCUT2D eigenvalue weighted by atomic mass is 16.1. The van der Waals surface area contributed by atoms with Crippen molar-refractivity contribution in [3.63, 3.8) is 0 Å². The van der Waals surface area contributed by atoms with Crippen molar-refractivity contribution >= 4 is 5.78 Å². The first-order chi connectivity index (χ1) is 10.2. The number of nitrogens with zero attached hydrogens (tertiary/aromatic N) is 1. The third-order valence-corrected chi connectivity index (χ3v) is 3.26. The summed E-state index contributed by atoms with van der Waals surface area (Å²) in [6, 6.07) is 11.9. The second kappa shape index (κ2) is 7.88. The second-order valence-corrected chi connectivity index (χ2v) is 4.54. The first kappa shape index (κ1) is 16.5. The fourth-order valence-corrected chi connectivity index (χ4v) is 2.09. The van der Waals surface area contributed by atoms with Gasteiger partial charge in [0.15, 0.2) is 5.78 Å². The maximum absolute atomic E-state index is 11.5. The molecule has 0 aliphatic heterocycles. The Labute approximate surface area is 126 Å². The number of aryl methyl sites for hydroxylation is 1. The van der Waals surface area contributed by atoms with Crippen LogP contribution in [-0.4, -0.2) is 5.78 Å². The van der Waals surface area contributed by atoms with E-state index in [9.17, 15) is 4.79 Å². The molecule has 0 fully saturated rings. The van der Waals surface area contributed by atoms with Crippen LogP contribution in [0.5, 0.6) is 0 Å². The summed E-state index contributed by atoms with van der Waals surface area (Å²) in [6.45, 7) is 4.00. The second-order valence-electron chi connectivity index (χ2n) is 4.54. The molecular weight excluding hydrogens is 258 g/mol. The van der Waals surface area contributed by atoms with Gasteiger partial charge in [0.05, 0.1) is 11.0 Å². The van der Waals surface area contributed by atoms with Crippen molar-refractivity contribution in [3.8, 4) is 18.4 Å². The van der Waals surface area contributed by atoms with E-state index >= 15 is 0 Å². The van der Waals surface area contributed by atoms with E-state index in [0.717, 1.165) is 6.42 Å². The third-order valence-electron chi connectivity index (χ3n) is 3.26. The molecule has 1 atom stereocenters. The standard InChI is InChI=1S/C17H13NO.C2H6/c1-2-17(10-8-14-6-4-3-5-7-14)11-9-16(19)15(12-17)13-18;1-2/h1,3-7,9,11-12H,8,10H2;1-2H3. The Balaban J connectivity index is 0.00000106. The maximum atomic E-state index is 11.5. The Bertz CT molecular complexity index is 626. The first-order valence-electron chi connectivity index (χ1n) is 7.07. The topological polar surface area (TPSA) is 40.9 Å². The lowest BCUT2D eigenvalue weighted by Gasteiger charge is -2.23. The van der Waals surface area contributed by atoms with E-state index in [4.69, 9.17) is 11.7 Å². The van der Waals surface area contributed by atoms with E-state index in [-0.39, 0.29) is 11.4 Å². The van der Waals surface area contributed by atoms with E-state index in [1.165, 1.54) is 11.6 Å². The molecule has 0 N–H and O–H groups in total. The zero-order valence-electron chi connectivity index (χ0n) is 12.5. The fourth-order valence-electron chi connectivity index (χ4n) is 2.09. The molecule has 1 aromatic carbocycles. The number of allylic oxidation sites excluding steroid dienone is 4. The molecule has 1 aliphatic carbocycles. The number of terminal acetylenes is 1. The van der Waals surface area contributed by atoms with Gasteiger partial charge < -0.3 is 0 Å². The molecule has 0 aromatic heterocycles. The summed E-state index contributed by atoms with van der Waals surface area (Å²) < 4.78 is 0. The molecule has 21 heavy (non-hydrogen) atoms. The van der Waals surface area contributed by atoms with E-state index in [1.54, 1.807) is 12.2 Å². The van der Waals surface area contributed by atoms with Gasteiger partial charge >= 0.3 is 0 Å². The molecule has 2 nitrogen and oxygen atoms in total. The highest BCUT2D eigenvalue weighted by Gasteiger charge is 2.27. The van der Waals surface area contributed by atoms with Crippen molar-refractivity contribution in [3.05, 3.63) is 59.7 Å². The van der Waals surface area contributed by atoms with Gasteiger partial charge in [-0.25, -0.2) is 0 Å². The number of nitriles is 1. The van der Waals surface area contributed by atoms with Crippen LogP contribution in [0.1, 0.15) is 25.8 Å². The van der Waals surface area contributed by atoms with E-state index in [0.29, 0.717) is 6.42 Å². The molecule has 2 heteroatoms. The lowest BCUT2D eigenvalue weighted by Crippen LogP contribution is -2.20. The lowest BCUT2D eigenvalue weighted by molar-refractivity contribution is -0.111. The number of hydrogen-bond donors (Lipinski definition) is 0. The Hall–Kier alpha value is -2.58. The zero-order valence-corrected chi connectivity index (χ0v) is 12.5. The van der Waals surface area contributed by atoms with Crippen LogP contribution in [0.15, 0.2) is 54.1 Å². The van der Waals surface area contributed by atoms with Crippen LogP contribution in [0.25, 0.3) is 0 Å². The van der Waals surface area contributed by atoms with E-state index in [2.05, 4.69) is 5.92 Å². The molecule has 0 heterocycles. The van der Waals surface area contributed by atoms with Crippen molar-refractivity contribution in [1.82, 2.24) is 0 Å². The highest BCUT2D eigenvalue weighted by Crippen LogP contribution is 2.31. The molecule has 1 unspecified atom stereocenters. The van der Waals surface area contributed by atoms with Crippen LogP contribution < -0.4 is 0 Å². The van der Waals surface area contributed by atoms with Crippen molar-refractivity contribution < 1.29 is 4.79 Å². The quantitative estimate of drug-likeness (QED) is 0.787. The van der Waals surface area contributed by atoms with Gasteiger partial charge in [0.1, 0.15) is 6.07 Å². The summed E-state index contributed by atoms with van der Waals surface area (Å²) >= 11 is 0. The minimum absolute atomic E-state index is 0.133. The van der Waals surface area contributed by atoms with Gasteiger partial charge in [-0.3, -0.25) is 4.79 Å². The van der Waals surface area contributed by atoms with Gasteiger partial charge in [-0.1, -0.05) is 56.2 Å². The largest absolute Gasteiger partial charge is 0.289 e.